The van der Waals surface area contributed by atoms with Gasteiger partial charge >= 0.3 is 0 Å². The molecule has 1 atom stereocenters. The standard InChI is InChI=1S/C13H29N/c1-4-7-9-10-12-13(14,6-3)11-8-5-2/h4-12,14H2,1-3H3. The highest BCUT2D eigenvalue weighted by Crippen LogP contribution is 2.22. The summed E-state index contributed by atoms with van der Waals surface area (Å²) in [6.07, 6.45) is 11.5. The van der Waals surface area contributed by atoms with E-state index in [9.17, 15) is 0 Å². The van der Waals surface area contributed by atoms with Crippen molar-refractivity contribution in [3.8, 4) is 0 Å². The molecule has 0 aromatic heterocycles. The van der Waals surface area contributed by atoms with Crippen molar-refractivity contribution in [1.82, 2.24) is 0 Å². The summed E-state index contributed by atoms with van der Waals surface area (Å²) < 4.78 is 0. The maximum absolute atomic E-state index is 6.37. The summed E-state index contributed by atoms with van der Waals surface area (Å²) in [5.74, 6) is 0. The molecule has 0 aliphatic heterocycles. The molecule has 0 saturated heterocycles. The Balaban J connectivity index is 3.63. The minimum atomic E-state index is 0.143. The van der Waals surface area contributed by atoms with Crippen LogP contribution < -0.4 is 5.73 Å². The zero-order chi connectivity index (χ0) is 10.9. The van der Waals surface area contributed by atoms with Crippen LogP contribution in [0.25, 0.3) is 0 Å². The van der Waals surface area contributed by atoms with E-state index in [1.807, 2.05) is 0 Å². The van der Waals surface area contributed by atoms with Crippen LogP contribution in [0.5, 0.6) is 0 Å². The molecule has 1 heteroatoms. The summed E-state index contributed by atoms with van der Waals surface area (Å²) in [5, 5.41) is 0. The second kappa shape index (κ2) is 8.28. The molecule has 0 spiro atoms. The largest absolute Gasteiger partial charge is 0.325 e. The molecule has 0 fully saturated rings. The summed E-state index contributed by atoms with van der Waals surface area (Å²) >= 11 is 0. The molecule has 0 bridgehead atoms. The average molecular weight is 199 g/mol. The third kappa shape index (κ3) is 6.42. The average Bonchev–Trinajstić information content (AvgIpc) is 2.22. The maximum Gasteiger partial charge on any atom is 0.0151 e. The van der Waals surface area contributed by atoms with E-state index in [4.69, 9.17) is 5.73 Å². The second-order valence-electron chi connectivity index (χ2n) is 4.63. The Morgan fingerprint density at radius 3 is 1.86 bits per heavy atom. The van der Waals surface area contributed by atoms with E-state index >= 15 is 0 Å². The van der Waals surface area contributed by atoms with Crippen LogP contribution in [0.3, 0.4) is 0 Å². The first-order chi connectivity index (χ1) is 6.68. The fourth-order valence-electron chi connectivity index (χ4n) is 1.91. The molecule has 0 rings (SSSR count). The van der Waals surface area contributed by atoms with Gasteiger partial charge in [0.2, 0.25) is 0 Å². The van der Waals surface area contributed by atoms with Crippen LogP contribution in [0.4, 0.5) is 0 Å². The molecule has 0 aromatic carbocycles. The fourth-order valence-corrected chi connectivity index (χ4v) is 1.91. The Bertz CT molecular complexity index is 122. The molecular formula is C13H29N. The van der Waals surface area contributed by atoms with Crippen molar-refractivity contribution in [2.45, 2.75) is 84.1 Å². The molecule has 0 radical (unpaired) electrons. The molecule has 2 N–H and O–H groups in total. The van der Waals surface area contributed by atoms with Crippen molar-refractivity contribution in [3.05, 3.63) is 0 Å². The molecule has 0 amide bonds. The maximum atomic E-state index is 6.37. The summed E-state index contributed by atoms with van der Waals surface area (Å²) in [4.78, 5) is 0. The molecule has 0 aliphatic rings. The first kappa shape index (κ1) is 14.0. The van der Waals surface area contributed by atoms with Crippen LogP contribution in [0.1, 0.15) is 78.6 Å². The SMILES string of the molecule is CCCCCCC(N)(CC)CCCC. The van der Waals surface area contributed by atoms with Gasteiger partial charge in [0.25, 0.3) is 0 Å². The minimum absolute atomic E-state index is 0.143. The van der Waals surface area contributed by atoms with E-state index in [-0.39, 0.29) is 5.54 Å². The van der Waals surface area contributed by atoms with Gasteiger partial charge in [0, 0.05) is 5.54 Å². The van der Waals surface area contributed by atoms with Crippen molar-refractivity contribution in [2.24, 2.45) is 5.73 Å². The van der Waals surface area contributed by atoms with Gasteiger partial charge < -0.3 is 5.73 Å². The van der Waals surface area contributed by atoms with Crippen molar-refractivity contribution < 1.29 is 0 Å². The summed E-state index contributed by atoms with van der Waals surface area (Å²) in [6.45, 7) is 6.73. The topological polar surface area (TPSA) is 26.0 Å². The van der Waals surface area contributed by atoms with Crippen LogP contribution in [0.15, 0.2) is 0 Å². The Kier molecular flexibility index (Phi) is 8.26. The van der Waals surface area contributed by atoms with E-state index in [1.54, 1.807) is 0 Å². The van der Waals surface area contributed by atoms with Crippen LogP contribution in [0.2, 0.25) is 0 Å². The smallest absolute Gasteiger partial charge is 0.0151 e. The van der Waals surface area contributed by atoms with E-state index in [0.717, 1.165) is 6.42 Å². The van der Waals surface area contributed by atoms with Crippen molar-refractivity contribution in [1.29, 1.82) is 0 Å². The van der Waals surface area contributed by atoms with Crippen LogP contribution in [-0.4, -0.2) is 5.54 Å². The van der Waals surface area contributed by atoms with Gasteiger partial charge in [-0.2, -0.15) is 0 Å². The lowest BCUT2D eigenvalue weighted by Crippen LogP contribution is -2.38. The van der Waals surface area contributed by atoms with Gasteiger partial charge in [-0.3, -0.25) is 0 Å². The van der Waals surface area contributed by atoms with E-state index in [1.165, 1.54) is 51.4 Å². The van der Waals surface area contributed by atoms with E-state index < -0.39 is 0 Å². The number of nitrogens with two attached hydrogens (primary N) is 1. The molecule has 1 nitrogen and oxygen atoms in total. The lowest BCUT2D eigenvalue weighted by molar-refractivity contribution is 0.329. The van der Waals surface area contributed by atoms with Gasteiger partial charge in [-0.1, -0.05) is 59.3 Å². The molecule has 14 heavy (non-hydrogen) atoms. The third-order valence-corrected chi connectivity index (χ3v) is 3.26. The Hall–Kier alpha value is -0.0400. The number of hydrogen-bond donors (Lipinski definition) is 1. The van der Waals surface area contributed by atoms with Gasteiger partial charge in [-0.25, -0.2) is 0 Å². The van der Waals surface area contributed by atoms with Crippen LogP contribution in [-0.2, 0) is 0 Å². The number of unbranched alkanes of at least 4 members (excludes halogenated alkanes) is 4. The van der Waals surface area contributed by atoms with Gasteiger partial charge in [-0.05, 0) is 19.3 Å². The molecule has 0 heterocycles. The quantitative estimate of drug-likeness (QED) is 0.552. The summed E-state index contributed by atoms with van der Waals surface area (Å²) in [6, 6.07) is 0. The van der Waals surface area contributed by atoms with Gasteiger partial charge in [-0.15, -0.1) is 0 Å². The molecule has 1 unspecified atom stereocenters. The molecule has 86 valence electrons. The normalized spacial score (nSPS) is 15.4. The third-order valence-electron chi connectivity index (χ3n) is 3.26. The monoisotopic (exact) mass is 199 g/mol. The minimum Gasteiger partial charge on any atom is -0.325 e. The van der Waals surface area contributed by atoms with Gasteiger partial charge in [0.1, 0.15) is 0 Å². The van der Waals surface area contributed by atoms with Gasteiger partial charge in [0.15, 0.2) is 0 Å². The highest BCUT2D eigenvalue weighted by atomic mass is 14.7. The zero-order valence-corrected chi connectivity index (χ0v) is 10.4. The fraction of sp³-hybridized carbons (Fsp3) is 1.00. The van der Waals surface area contributed by atoms with Crippen molar-refractivity contribution >= 4 is 0 Å². The van der Waals surface area contributed by atoms with Crippen LogP contribution in [0, 0.1) is 0 Å². The van der Waals surface area contributed by atoms with Crippen LogP contribution >= 0.6 is 0 Å². The highest BCUT2D eigenvalue weighted by molar-refractivity contribution is 4.81. The highest BCUT2D eigenvalue weighted by Gasteiger charge is 2.20. The Labute approximate surface area is 90.5 Å². The van der Waals surface area contributed by atoms with Gasteiger partial charge in [0.05, 0.1) is 0 Å². The predicted molar refractivity (Wildman–Crippen MR) is 65.5 cm³/mol. The van der Waals surface area contributed by atoms with Crippen molar-refractivity contribution in [2.75, 3.05) is 0 Å². The molecule has 0 aliphatic carbocycles. The second-order valence-corrected chi connectivity index (χ2v) is 4.63. The van der Waals surface area contributed by atoms with E-state index in [2.05, 4.69) is 20.8 Å². The number of rotatable bonds is 9. The lowest BCUT2D eigenvalue weighted by atomic mass is 9.85. The summed E-state index contributed by atoms with van der Waals surface area (Å²) in [7, 11) is 0. The van der Waals surface area contributed by atoms with E-state index in [0.29, 0.717) is 0 Å². The predicted octanol–water partition coefficient (Wildman–Crippen LogP) is 4.25. The Morgan fingerprint density at radius 1 is 0.786 bits per heavy atom. The molecule has 0 saturated carbocycles. The summed E-state index contributed by atoms with van der Waals surface area (Å²) in [5.41, 5.74) is 6.51. The zero-order valence-electron chi connectivity index (χ0n) is 10.4. The first-order valence-electron chi connectivity index (χ1n) is 6.47. The molecule has 0 aromatic rings. The molecular weight excluding hydrogens is 170 g/mol. The van der Waals surface area contributed by atoms with Crippen molar-refractivity contribution in [3.63, 3.8) is 0 Å². The number of hydrogen-bond acceptors (Lipinski definition) is 1. The first-order valence-corrected chi connectivity index (χ1v) is 6.47. The Morgan fingerprint density at radius 2 is 1.36 bits per heavy atom. The lowest BCUT2D eigenvalue weighted by Gasteiger charge is -2.28.